The zero-order chi connectivity index (χ0) is 11.1. The lowest BCUT2D eigenvalue weighted by Crippen LogP contribution is -1.98. The molecule has 0 amide bonds. The van der Waals surface area contributed by atoms with Gasteiger partial charge in [0.15, 0.2) is 0 Å². The van der Waals surface area contributed by atoms with Gasteiger partial charge in [0, 0.05) is 5.56 Å². The van der Waals surface area contributed by atoms with Crippen LogP contribution < -0.4 is 4.74 Å². The Morgan fingerprint density at radius 1 is 1.27 bits per heavy atom. The molecule has 0 saturated carbocycles. The van der Waals surface area contributed by atoms with Crippen LogP contribution in [0.3, 0.4) is 0 Å². The molecule has 1 N–H and O–H groups in total. The Bertz CT molecular complexity index is 343. The van der Waals surface area contributed by atoms with Crippen LogP contribution >= 0.6 is 0 Å². The van der Waals surface area contributed by atoms with Crippen LogP contribution in [0.5, 0.6) is 5.75 Å². The Morgan fingerprint density at radius 3 is 2.47 bits per heavy atom. The van der Waals surface area contributed by atoms with Gasteiger partial charge in [-0.2, -0.15) is 0 Å². The maximum absolute atomic E-state index is 9.26. The summed E-state index contributed by atoms with van der Waals surface area (Å²) < 4.78 is 5.31. The van der Waals surface area contributed by atoms with Crippen molar-refractivity contribution < 1.29 is 9.84 Å². The molecule has 15 heavy (non-hydrogen) atoms. The Balaban J connectivity index is 2.66. The average Bonchev–Trinajstić information content (AvgIpc) is 2.28. The molecule has 1 aromatic rings. The lowest BCUT2D eigenvalue weighted by molar-refractivity contribution is 0.228. The summed E-state index contributed by atoms with van der Waals surface area (Å²) in [6.45, 7) is 4.52. The van der Waals surface area contributed by atoms with E-state index in [-0.39, 0.29) is 0 Å². The van der Waals surface area contributed by atoms with Crippen molar-refractivity contribution in [1.82, 2.24) is 0 Å². The van der Waals surface area contributed by atoms with Crippen molar-refractivity contribution in [2.24, 2.45) is 0 Å². The summed E-state index contributed by atoms with van der Waals surface area (Å²) in [4.78, 5) is 0. The fourth-order valence-electron chi connectivity index (χ4n) is 1.07. The number of hydrogen-bond acceptors (Lipinski definition) is 2. The lowest BCUT2D eigenvalue weighted by atomic mass is 10.2. The Kier molecular flexibility index (Phi) is 4.73. The zero-order valence-corrected chi connectivity index (χ0v) is 9.16. The van der Waals surface area contributed by atoms with Crippen molar-refractivity contribution in [2.45, 2.75) is 26.4 Å². The van der Waals surface area contributed by atoms with Crippen molar-refractivity contribution in [1.29, 1.82) is 0 Å². The molecule has 0 heterocycles. The fourth-order valence-corrected chi connectivity index (χ4v) is 1.07. The molecule has 0 spiro atoms. The third kappa shape index (κ3) is 4.05. The first kappa shape index (κ1) is 11.6. The molecule has 0 radical (unpaired) electrons. The van der Waals surface area contributed by atoms with E-state index in [1.807, 2.05) is 38.1 Å². The van der Waals surface area contributed by atoms with Crippen molar-refractivity contribution in [3.05, 3.63) is 29.8 Å². The first-order valence-electron chi connectivity index (χ1n) is 5.18. The van der Waals surface area contributed by atoms with Gasteiger partial charge in [-0.3, -0.25) is 0 Å². The van der Waals surface area contributed by atoms with Crippen LogP contribution in [0.25, 0.3) is 0 Å². The quantitative estimate of drug-likeness (QED) is 0.765. The van der Waals surface area contributed by atoms with E-state index >= 15 is 0 Å². The maximum atomic E-state index is 9.26. The van der Waals surface area contributed by atoms with E-state index in [9.17, 15) is 5.11 Å². The van der Waals surface area contributed by atoms with Crippen molar-refractivity contribution in [2.75, 3.05) is 6.61 Å². The first-order chi connectivity index (χ1) is 7.26. The molecule has 0 bridgehead atoms. The molecule has 0 fully saturated rings. The topological polar surface area (TPSA) is 29.5 Å². The minimum Gasteiger partial charge on any atom is -0.494 e. The van der Waals surface area contributed by atoms with Crippen molar-refractivity contribution in [3.8, 4) is 17.6 Å². The summed E-state index contributed by atoms with van der Waals surface area (Å²) in [5, 5.41) is 9.26. The highest BCUT2D eigenvalue weighted by molar-refractivity contribution is 5.38. The number of aliphatic hydroxyl groups is 1. The van der Waals surface area contributed by atoms with E-state index in [1.54, 1.807) is 0 Å². The molecule has 0 aliphatic heterocycles. The number of aliphatic hydroxyl groups excluding tert-OH is 1. The van der Waals surface area contributed by atoms with E-state index in [0.717, 1.165) is 11.3 Å². The molecule has 1 aromatic carbocycles. The monoisotopic (exact) mass is 204 g/mol. The van der Waals surface area contributed by atoms with Gasteiger partial charge in [0.1, 0.15) is 11.9 Å². The van der Waals surface area contributed by atoms with Gasteiger partial charge in [-0.1, -0.05) is 18.8 Å². The standard InChI is InChI=1S/C13H16O2/c1-3-12(14)8-5-11-6-9-13(10-7-11)15-4-2/h6-7,9-10,12,14H,3-4H2,1-2H3. The molecule has 0 saturated heterocycles. The van der Waals surface area contributed by atoms with Gasteiger partial charge >= 0.3 is 0 Å². The van der Waals surface area contributed by atoms with Crippen LogP contribution in [0.2, 0.25) is 0 Å². The second-order valence-electron chi connectivity index (χ2n) is 3.15. The highest BCUT2D eigenvalue weighted by atomic mass is 16.5. The normalized spacial score (nSPS) is 11.4. The summed E-state index contributed by atoms with van der Waals surface area (Å²) >= 11 is 0. The summed E-state index contributed by atoms with van der Waals surface area (Å²) in [7, 11) is 0. The summed E-state index contributed by atoms with van der Waals surface area (Å²) in [6, 6.07) is 7.54. The molecule has 0 aliphatic carbocycles. The molecule has 80 valence electrons. The van der Waals surface area contributed by atoms with Crippen LogP contribution in [0.4, 0.5) is 0 Å². The van der Waals surface area contributed by atoms with Crippen LogP contribution in [0.15, 0.2) is 24.3 Å². The van der Waals surface area contributed by atoms with Crippen LogP contribution in [0, 0.1) is 11.8 Å². The van der Waals surface area contributed by atoms with Gasteiger partial charge in [0.25, 0.3) is 0 Å². The van der Waals surface area contributed by atoms with E-state index in [1.165, 1.54) is 0 Å². The fraction of sp³-hybridized carbons (Fsp3) is 0.385. The Labute approximate surface area is 90.9 Å². The third-order valence-electron chi connectivity index (χ3n) is 1.94. The summed E-state index contributed by atoms with van der Waals surface area (Å²) in [5.74, 6) is 6.52. The predicted octanol–water partition coefficient (Wildman–Crippen LogP) is 2.21. The van der Waals surface area contributed by atoms with Gasteiger partial charge in [-0.25, -0.2) is 0 Å². The molecule has 1 rings (SSSR count). The number of hydrogen-bond donors (Lipinski definition) is 1. The van der Waals surface area contributed by atoms with Gasteiger partial charge in [0.05, 0.1) is 6.61 Å². The number of rotatable bonds is 3. The van der Waals surface area contributed by atoms with Crippen molar-refractivity contribution in [3.63, 3.8) is 0 Å². The maximum Gasteiger partial charge on any atom is 0.119 e. The second kappa shape index (κ2) is 6.10. The molecular formula is C13H16O2. The highest BCUT2D eigenvalue weighted by Crippen LogP contribution is 2.11. The van der Waals surface area contributed by atoms with Crippen LogP contribution in [0.1, 0.15) is 25.8 Å². The molecule has 2 heteroatoms. The SMILES string of the molecule is CCOc1ccc(C#CC(O)CC)cc1. The Hall–Kier alpha value is -1.46. The average molecular weight is 204 g/mol. The van der Waals surface area contributed by atoms with Gasteiger partial charge in [-0.05, 0) is 37.6 Å². The lowest BCUT2D eigenvalue weighted by Gasteiger charge is -2.01. The van der Waals surface area contributed by atoms with E-state index in [4.69, 9.17) is 4.74 Å². The first-order valence-corrected chi connectivity index (χ1v) is 5.18. The van der Waals surface area contributed by atoms with Crippen LogP contribution in [-0.4, -0.2) is 17.8 Å². The summed E-state index contributed by atoms with van der Waals surface area (Å²) in [5.41, 5.74) is 0.894. The molecule has 2 nitrogen and oxygen atoms in total. The van der Waals surface area contributed by atoms with Crippen molar-refractivity contribution >= 4 is 0 Å². The third-order valence-corrected chi connectivity index (χ3v) is 1.94. The number of benzene rings is 1. The molecular weight excluding hydrogens is 188 g/mol. The Morgan fingerprint density at radius 2 is 1.93 bits per heavy atom. The van der Waals surface area contributed by atoms with Gasteiger partial charge in [0.2, 0.25) is 0 Å². The summed E-state index contributed by atoms with van der Waals surface area (Å²) in [6.07, 6.45) is 0.126. The van der Waals surface area contributed by atoms with E-state index in [2.05, 4.69) is 11.8 Å². The van der Waals surface area contributed by atoms with Gasteiger partial charge in [-0.15, -0.1) is 0 Å². The number of ether oxygens (including phenoxy) is 1. The molecule has 1 unspecified atom stereocenters. The van der Waals surface area contributed by atoms with E-state index < -0.39 is 6.10 Å². The van der Waals surface area contributed by atoms with Gasteiger partial charge < -0.3 is 9.84 Å². The largest absolute Gasteiger partial charge is 0.494 e. The molecule has 0 aromatic heterocycles. The predicted molar refractivity (Wildman–Crippen MR) is 60.8 cm³/mol. The molecule has 1 atom stereocenters. The zero-order valence-electron chi connectivity index (χ0n) is 9.16. The van der Waals surface area contributed by atoms with E-state index in [0.29, 0.717) is 13.0 Å². The highest BCUT2D eigenvalue weighted by Gasteiger charge is 1.93. The van der Waals surface area contributed by atoms with Crippen LogP contribution in [-0.2, 0) is 0 Å². The smallest absolute Gasteiger partial charge is 0.119 e. The minimum absolute atomic E-state index is 0.531. The molecule has 0 aliphatic rings. The second-order valence-corrected chi connectivity index (χ2v) is 3.15. The minimum atomic E-state index is -0.531.